The van der Waals surface area contributed by atoms with Crippen LogP contribution < -0.4 is 5.32 Å². The van der Waals surface area contributed by atoms with Gasteiger partial charge in [-0.3, -0.25) is 14.9 Å². The van der Waals surface area contributed by atoms with Crippen molar-refractivity contribution in [2.24, 2.45) is 0 Å². The fourth-order valence-electron chi connectivity index (χ4n) is 1.44. The summed E-state index contributed by atoms with van der Waals surface area (Å²) >= 11 is 4.76. The highest BCUT2D eigenvalue weighted by atomic mass is 79.9. The topological polar surface area (TPSA) is 81.7 Å². The second kappa shape index (κ2) is 10.3. The molecule has 1 rings (SSSR count). The maximum absolute atomic E-state index is 11.8. The van der Waals surface area contributed by atoms with Gasteiger partial charge in [-0.1, -0.05) is 28.1 Å². The number of rotatable bonds is 7. The number of imide groups is 1. The molecular weight excluding hydrogens is 386 g/mol. The van der Waals surface area contributed by atoms with E-state index in [9.17, 15) is 14.4 Å². The molecule has 0 aliphatic carbocycles. The van der Waals surface area contributed by atoms with Crippen LogP contribution in [0.15, 0.2) is 28.7 Å². The number of alkyl carbamates (subject to hydrolysis) is 1. The Labute approximate surface area is 147 Å². The van der Waals surface area contributed by atoms with Gasteiger partial charge in [0.25, 0.3) is 5.91 Å². The second-order valence-electron chi connectivity index (χ2n) is 4.46. The lowest BCUT2D eigenvalue weighted by atomic mass is 10.2. The van der Waals surface area contributed by atoms with Crippen molar-refractivity contribution in [3.63, 3.8) is 0 Å². The van der Waals surface area contributed by atoms with Gasteiger partial charge in [0.1, 0.15) is 0 Å². The summed E-state index contributed by atoms with van der Waals surface area (Å²) in [5, 5.41) is 1.53. The summed E-state index contributed by atoms with van der Waals surface area (Å²) in [6.07, 6.45) is -0.855. The summed E-state index contributed by atoms with van der Waals surface area (Å²) in [5.74, 6) is -0.577. The van der Waals surface area contributed by atoms with Crippen LogP contribution in [0.4, 0.5) is 4.79 Å². The summed E-state index contributed by atoms with van der Waals surface area (Å²) in [6, 6.07) is 7.78. The number of carbonyl (C=O) groups is 3. The molecule has 0 radical (unpaired) electrons. The number of halogens is 1. The largest absolute Gasteiger partial charge is 0.455 e. The Morgan fingerprint density at radius 2 is 1.87 bits per heavy atom. The minimum Gasteiger partial charge on any atom is -0.455 e. The van der Waals surface area contributed by atoms with Crippen molar-refractivity contribution in [3.05, 3.63) is 34.3 Å². The molecule has 0 bridgehead atoms. The average molecular weight is 404 g/mol. The standard InChI is InChI=1S/C15H18BrNO5S/c1-3-21-15(20)17-13(18)8-22-14(19)10(2)23-9-11-4-6-12(16)7-5-11/h4-7,10H,3,8-9H2,1-2H3,(H,17,18,20)/t10-/m1/s1. The van der Waals surface area contributed by atoms with Crippen molar-refractivity contribution in [3.8, 4) is 0 Å². The van der Waals surface area contributed by atoms with E-state index in [1.807, 2.05) is 29.6 Å². The third-order valence-corrected chi connectivity index (χ3v) is 4.33. The lowest BCUT2D eigenvalue weighted by Crippen LogP contribution is -2.35. The number of hydrogen-bond acceptors (Lipinski definition) is 6. The van der Waals surface area contributed by atoms with Crippen molar-refractivity contribution in [2.45, 2.75) is 24.9 Å². The molecule has 1 atom stereocenters. The first-order chi connectivity index (χ1) is 10.9. The summed E-state index contributed by atoms with van der Waals surface area (Å²) in [6.45, 7) is 2.97. The van der Waals surface area contributed by atoms with Gasteiger partial charge in [0.05, 0.1) is 11.9 Å². The summed E-state index contributed by atoms with van der Waals surface area (Å²) in [5.41, 5.74) is 1.08. The third kappa shape index (κ3) is 8.03. The summed E-state index contributed by atoms with van der Waals surface area (Å²) in [4.78, 5) is 34.2. The van der Waals surface area contributed by atoms with Gasteiger partial charge >= 0.3 is 12.1 Å². The SMILES string of the molecule is CCOC(=O)NC(=O)COC(=O)[C@@H](C)SCc1ccc(Br)cc1. The Hall–Kier alpha value is -1.54. The van der Waals surface area contributed by atoms with Crippen molar-refractivity contribution in [1.82, 2.24) is 5.32 Å². The van der Waals surface area contributed by atoms with E-state index in [0.29, 0.717) is 5.75 Å². The first-order valence-corrected chi connectivity index (χ1v) is 8.75. The Kier molecular flexibility index (Phi) is 8.71. The van der Waals surface area contributed by atoms with Gasteiger partial charge in [-0.25, -0.2) is 4.79 Å². The van der Waals surface area contributed by atoms with E-state index >= 15 is 0 Å². The minimum absolute atomic E-state index is 0.155. The lowest BCUT2D eigenvalue weighted by Gasteiger charge is -2.11. The lowest BCUT2D eigenvalue weighted by molar-refractivity contribution is -0.147. The zero-order chi connectivity index (χ0) is 17.2. The highest BCUT2D eigenvalue weighted by molar-refractivity contribution is 9.10. The maximum atomic E-state index is 11.8. The molecule has 0 fully saturated rings. The molecule has 0 heterocycles. The number of hydrogen-bond donors (Lipinski definition) is 1. The highest BCUT2D eigenvalue weighted by Gasteiger charge is 2.17. The molecule has 0 saturated heterocycles. The minimum atomic E-state index is -0.855. The number of esters is 1. The number of thioether (sulfide) groups is 1. The van der Waals surface area contributed by atoms with Crippen LogP contribution in [0, 0.1) is 0 Å². The number of amides is 2. The maximum Gasteiger partial charge on any atom is 0.413 e. The van der Waals surface area contributed by atoms with Crippen molar-refractivity contribution >= 4 is 45.7 Å². The molecule has 1 N–H and O–H groups in total. The first kappa shape index (κ1) is 19.5. The van der Waals surface area contributed by atoms with Gasteiger partial charge < -0.3 is 9.47 Å². The van der Waals surface area contributed by atoms with Crippen LogP contribution in [0.1, 0.15) is 19.4 Å². The normalized spacial score (nSPS) is 11.4. The van der Waals surface area contributed by atoms with Crippen molar-refractivity contribution in [2.75, 3.05) is 13.2 Å². The van der Waals surface area contributed by atoms with E-state index in [2.05, 4.69) is 20.7 Å². The summed E-state index contributed by atoms with van der Waals surface area (Å²) < 4.78 is 10.4. The van der Waals surface area contributed by atoms with Gasteiger partial charge in [-0.15, -0.1) is 11.8 Å². The van der Waals surface area contributed by atoms with Crippen molar-refractivity contribution in [1.29, 1.82) is 0 Å². The molecular formula is C15H18BrNO5S. The van der Waals surface area contributed by atoms with Crippen LogP contribution >= 0.6 is 27.7 Å². The van der Waals surface area contributed by atoms with Crippen LogP contribution in [0.2, 0.25) is 0 Å². The van der Waals surface area contributed by atoms with Crippen LogP contribution in [-0.2, 0) is 24.8 Å². The summed E-state index contributed by atoms with van der Waals surface area (Å²) in [7, 11) is 0. The molecule has 1 aromatic carbocycles. The van der Waals surface area contributed by atoms with Crippen LogP contribution in [0.25, 0.3) is 0 Å². The molecule has 1 aromatic rings. The average Bonchev–Trinajstić information content (AvgIpc) is 2.51. The fourth-order valence-corrected chi connectivity index (χ4v) is 2.54. The zero-order valence-electron chi connectivity index (χ0n) is 12.8. The van der Waals surface area contributed by atoms with E-state index in [1.165, 1.54) is 11.8 Å². The molecule has 0 aromatic heterocycles. The van der Waals surface area contributed by atoms with Gasteiger partial charge in [0.2, 0.25) is 0 Å². The van der Waals surface area contributed by atoms with E-state index in [-0.39, 0.29) is 6.61 Å². The van der Waals surface area contributed by atoms with Crippen LogP contribution in [0.5, 0.6) is 0 Å². The van der Waals surface area contributed by atoms with Gasteiger partial charge in [0.15, 0.2) is 6.61 Å². The number of benzene rings is 1. The Bertz CT molecular complexity index is 549. The zero-order valence-corrected chi connectivity index (χ0v) is 15.2. The molecule has 0 aliphatic rings. The van der Waals surface area contributed by atoms with Gasteiger partial charge in [-0.05, 0) is 31.5 Å². The monoisotopic (exact) mass is 403 g/mol. The molecule has 0 saturated carbocycles. The molecule has 0 spiro atoms. The van der Waals surface area contributed by atoms with Crippen molar-refractivity contribution < 1.29 is 23.9 Å². The predicted molar refractivity (Wildman–Crippen MR) is 91.0 cm³/mol. The fraction of sp³-hybridized carbons (Fsp3) is 0.400. The Morgan fingerprint density at radius 3 is 2.48 bits per heavy atom. The molecule has 2 amide bonds. The van der Waals surface area contributed by atoms with E-state index < -0.39 is 29.8 Å². The van der Waals surface area contributed by atoms with Crippen LogP contribution in [0.3, 0.4) is 0 Å². The smallest absolute Gasteiger partial charge is 0.413 e. The molecule has 6 nitrogen and oxygen atoms in total. The van der Waals surface area contributed by atoms with Crippen LogP contribution in [-0.4, -0.2) is 36.4 Å². The third-order valence-electron chi connectivity index (χ3n) is 2.61. The first-order valence-electron chi connectivity index (χ1n) is 6.91. The highest BCUT2D eigenvalue weighted by Crippen LogP contribution is 2.20. The molecule has 8 heteroatoms. The number of ether oxygens (including phenoxy) is 2. The molecule has 0 aliphatic heterocycles. The van der Waals surface area contributed by atoms with Gasteiger partial charge in [0, 0.05) is 10.2 Å². The molecule has 126 valence electrons. The van der Waals surface area contributed by atoms with E-state index in [4.69, 9.17) is 4.74 Å². The molecule has 23 heavy (non-hydrogen) atoms. The van der Waals surface area contributed by atoms with E-state index in [0.717, 1.165) is 10.0 Å². The predicted octanol–water partition coefficient (Wildman–Crippen LogP) is 2.89. The Morgan fingerprint density at radius 1 is 1.22 bits per heavy atom. The van der Waals surface area contributed by atoms with Gasteiger partial charge in [-0.2, -0.15) is 0 Å². The second-order valence-corrected chi connectivity index (χ2v) is 6.70. The molecule has 0 unspecified atom stereocenters. The van der Waals surface area contributed by atoms with E-state index in [1.54, 1.807) is 13.8 Å². The quantitative estimate of drug-likeness (QED) is 0.704. The number of nitrogens with one attached hydrogen (secondary N) is 1. The number of carbonyl (C=O) groups excluding carboxylic acids is 3. The Balaban J connectivity index is 2.29.